The van der Waals surface area contributed by atoms with Gasteiger partial charge in [-0.3, -0.25) is 9.45 Å². The minimum absolute atomic E-state index is 0.321. The fourth-order valence-electron chi connectivity index (χ4n) is 1.65. The van der Waals surface area contributed by atoms with Crippen molar-refractivity contribution in [2.75, 3.05) is 26.2 Å². The second-order valence-electron chi connectivity index (χ2n) is 3.88. The number of hydrogen-bond acceptors (Lipinski definition) is 4. The number of likely N-dealkylation sites (N-methyl/N-ethyl adjacent to an activating group) is 1. The Labute approximate surface area is 129 Å². The number of carbonyl (C=O) groups excluding carboxylic acids is 1. The van der Waals surface area contributed by atoms with Crippen LogP contribution in [0.3, 0.4) is 0 Å². The lowest BCUT2D eigenvalue weighted by Gasteiger charge is -2.18. The van der Waals surface area contributed by atoms with E-state index in [2.05, 4.69) is 30.6 Å². The van der Waals surface area contributed by atoms with Crippen molar-refractivity contribution in [3.8, 4) is 5.75 Å². The van der Waals surface area contributed by atoms with Crippen LogP contribution in [0.1, 0.15) is 24.2 Å². The summed E-state index contributed by atoms with van der Waals surface area (Å²) in [6, 6.07) is 4.88. The highest BCUT2D eigenvalue weighted by molar-refractivity contribution is 6.31. The molecule has 3 N–H and O–H groups in total. The first-order valence-corrected chi connectivity index (χ1v) is 6.91. The molecule has 0 bridgehead atoms. The van der Waals surface area contributed by atoms with Crippen LogP contribution in [0.4, 0.5) is 0 Å². The number of rotatable bonds is 7. The van der Waals surface area contributed by atoms with Gasteiger partial charge in [-0.1, -0.05) is 25.4 Å². The minimum atomic E-state index is -0.532. The molecule has 0 atom stereocenters. The number of halogens is 2. The molecule has 0 aliphatic heterocycles. The van der Waals surface area contributed by atoms with E-state index in [9.17, 15) is 4.79 Å². The Hall–Kier alpha value is -1.01. The third-order valence-electron chi connectivity index (χ3n) is 2.77. The average Bonchev–Trinajstić information content (AvgIpc) is 2.47. The molecule has 114 valence electrons. The van der Waals surface area contributed by atoms with Gasteiger partial charge in [-0.05, 0) is 31.3 Å². The van der Waals surface area contributed by atoms with Crippen molar-refractivity contribution in [2.45, 2.75) is 13.8 Å². The lowest BCUT2D eigenvalue weighted by Crippen LogP contribution is -2.28. The summed E-state index contributed by atoms with van der Waals surface area (Å²) in [4.78, 5) is 13.5. The van der Waals surface area contributed by atoms with Crippen LogP contribution in [-0.4, -0.2) is 41.7 Å². The molecule has 0 unspecified atom stereocenters. The van der Waals surface area contributed by atoms with Crippen molar-refractivity contribution >= 4 is 29.4 Å². The molecule has 0 heterocycles. The lowest BCUT2D eigenvalue weighted by atomic mass is 10.2. The third kappa shape index (κ3) is 6.43. The number of carbonyl (C=O) groups is 1. The topological polar surface area (TPSA) is 75.8 Å². The molecule has 0 aromatic heterocycles. The fraction of sp³-hybridized carbons (Fsp3) is 0.462. The van der Waals surface area contributed by atoms with Crippen molar-refractivity contribution in [1.29, 1.82) is 0 Å². The van der Waals surface area contributed by atoms with Gasteiger partial charge in [-0.15, -0.1) is 0 Å². The molecule has 0 aliphatic rings. The first-order valence-electron chi connectivity index (χ1n) is 6.19. The van der Waals surface area contributed by atoms with Gasteiger partial charge in [0.25, 0.3) is 5.91 Å². The maximum absolute atomic E-state index is 11.3. The van der Waals surface area contributed by atoms with Crippen LogP contribution in [0.5, 0.6) is 5.75 Å². The monoisotopic (exact) mass is 322 g/mol. The molecule has 0 saturated carbocycles. The summed E-state index contributed by atoms with van der Waals surface area (Å²) in [5.41, 5.74) is 5.60. The quantitative estimate of drug-likeness (QED) is 0.807. The number of amides is 1. The summed E-state index contributed by atoms with van der Waals surface area (Å²) >= 11 is 9.46. The number of hydrogen-bond donors (Lipinski definition) is 2. The largest absolute Gasteiger partial charge is 0.491 e. The first-order chi connectivity index (χ1) is 9.58. The Kier molecular flexibility index (Phi) is 10.2. The Morgan fingerprint density at radius 3 is 2.45 bits per heavy atom. The summed E-state index contributed by atoms with van der Waals surface area (Å²) in [6.07, 6.45) is 0. The molecular weight excluding hydrogens is 303 g/mol. The zero-order valence-electron chi connectivity index (χ0n) is 11.6. The van der Waals surface area contributed by atoms with Gasteiger partial charge in [-0.25, -0.2) is 0 Å². The number of nitrogens with zero attached hydrogens (tertiary/aromatic N) is 1. The van der Waals surface area contributed by atoms with Gasteiger partial charge < -0.3 is 15.4 Å². The van der Waals surface area contributed by atoms with E-state index in [1.807, 2.05) is 0 Å². The molecule has 0 fully saturated rings. The van der Waals surface area contributed by atoms with Crippen LogP contribution in [0.25, 0.3) is 0 Å². The molecular formula is C13H20Cl2N2O3. The van der Waals surface area contributed by atoms with Crippen molar-refractivity contribution in [3.63, 3.8) is 0 Å². The first kappa shape index (κ1) is 19.0. The maximum atomic E-state index is 11.3. The van der Waals surface area contributed by atoms with Crippen molar-refractivity contribution in [1.82, 2.24) is 4.90 Å². The van der Waals surface area contributed by atoms with Crippen molar-refractivity contribution in [3.05, 3.63) is 28.8 Å². The standard InChI is InChI=1S/C13H19ClN2O2.ClHO/c1-3-16(4-2)7-8-18-12-6-5-10(14)9-11(12)13(15)17;1-2/h5-6,9H,3-4,7-8H2,1-2H3,(H2,15,17);2H. The van der Waals surface area contributed by atoms with Crippen molar-refractivity contribution in [2.24, 2.45) is 5.73 Å². The summed E-state index contributed by atoms with van der Waals surface area (Å²) in [7, 11) is 0. The maximum Gasteiger partial charge on any atom is 0.252 e. The highest BCUT2D eigenvalue weighted by Crippen LogP contribution is 2.22. The zero-order chi connectivity index (χ0) is 15.5. The number of nitrogens with two attached hydrogens (primary N) is 1. The van der Waals surface area contributed by atoms with Gasteiger partial charge in [0.15, 0.2) is 0 Å². The van der Waals surface area contributed by atoms with Crippen LogP contribution in [0, 0.1) is 0 Å². The molecule has 1 amide bonds. The fourth-order valence-corrected chi connectivity index (χ4v) is 1.82. The molecule has 20 heavy (non-hydrogen) atoms. The van der Waals surface area contributed by atoms with Crippen LogP contribution in [-0.2, 0) is 0 Å². The van der Waals surface area contributed by atoms with Gasteiger partial charge >= 0.3 is 0 Å². The van der Waals surface area contributed by atoms with E-state index in [-0.39, 0.29) is 0 Å². The van der Waals surface area contributed by atoms with E-state index in [4.69, 9.17) is 26.7 Å². The van der Waals surface area contributed by atoms with Crippen LogP contribution >= 0.6 is 23.5 Å². The van der Waals surface area contributed by atoms with Gasteiger partial charge in [-0.2, -0.15) is 0 Å². The molecule has 1 aromatic rings. The molecule has 1 rings (SSSR count). The van der Waals surface area contributed by atoms with Crippen molar-refractivity contribution < 1.29 is 14.2 Å². The van der Waals surface area contributed by atoms with E-state index in [1.165, 1.54) is 6.07 Å². The molecule has 0 saturated heterocycles. The zero-order valence-corrected chi connectivity index (χ0v) is 13.1. The molecule has 0 aliphatic carbocycles. The minimum Gasteiger partial charge on any atom is -0.491 e. The lowest BCUT2D eigenvalue weighted by molar-refractivity contribution is 0.0995. The predicted octanol–water partition coefficient (Wildman–Crippen LogP) is 2.29. The van der Waals surface area contributed by atoms with Gasteiger partial charge in [0.2, 0.25) is 0 Å². The number of ether oxygens (including phenoxy) is 1. The van der Waals surface area contributed by atoms with Crippen LogP contribution in [0.2, 0.25) is 5.02 Å². The summed E-state index contributed by atoms with van der Waals surface area (Å²) < 4.78 is 12.1. The predicted molar refractivity (Wildman–Crippen MR) is 81.3 cm³/mol. The third-order valence-corrected chi connectivity index (χ3v) is 3.00. The van der Waals surface area contributed by atoms with E-state index >= 15 is 0 Å². The van der Waals surface area contributed by atoms with E-state index in [1.54, 1.807) is 12.1 Å². The molecule has 0 spiro atoms. The Bertz CT molecular complexity index is 413. The SMILES string of the molecule is CCN(CC)CCOc1ccc(Cl)cc1C(N)=O.OCl. The Balaban J connectivity index is 0.00000172. The number of primary amides is 1. The van der Waals surface area contributed by atoms with Gasteiger partial charge in [0, 0.05) is 11.6 Å². The summed E-state index contributed by atoms with van der Waals surface area (Å²) in [5.74, 6) is -0.0469. The number of benzene rings is 1. The Morgan fingerprint density at radius 1 is 1.35 bits per heavy atom. The Morgan fingerprint density at radius 2 is 1.95 bits per heavy atom. The van der Waals surface area contributed by atoms with Crippen LogP contribution < -0.4 is 10.5 Å². The highest BCUT2D eigenvalue weighted by atomic mass is 35.5. The molecule has 1 aromatic carbocycles. The van der Waals surface area contributed by atoms with E-state index < -0.39 is 5.91 Å². The van der Waals surface area contributed by atoms with Gasteiger partial charge in [0.1, 0.15) is 12.4 Å². The smallest absolute Gasteiger partial charge is 0.252 e. The van der Waals surface area contributed by atoms with Gasteiger partial charge in [0.05, 0.1) is 17.4 Å². The second-order valence-corrected chi connectivity index (χ2v) is 4.32. The van der Waals surface area contributed by atoms with Crippen LogP contribution in [0.15, 0.2) is 18.2 Å². The molecule has 5 nitrogen and oxygen atoms in total. The summed E-state index contributed by atoms with van der Waals surface area (Å²) in [5, 5.41) is 0.472. The van der Waals surface area contributed by atoms with E-state index in [0.29, 0.717) is 22.9 Å². The second kappa shape index (κ2) is 10.7. The molecule has 7 heteroatoms. The highest BCUT2D eigenvalue weighted by Gasteiger charge is 2.10. The summed E-state index contributed by atoms with van der Waals surface area (Å²) in [6.45, 7) is 7.48. The normalized spacial score (nSPS) is 9.90. The van der Waals surface area contributed by atoms with E-state index in [0.717, 1.165) is 19.6 Å². The average molecular weight is 323 g/mol. The molecule has 0 radical (unpaired) electrons.